The van der Waals surface area contributed by atoms with Crippen LogP contribution in [0.3, 0.4) is 0 Å². The summed E-state index contributed by atoms with van der Waals surface area (Å²) in [5.74, 6) is 1.26. The van der Waals surface area contributed by atoms with Crippen LogP contribution in [-0.4, -0.2) is 30.0 Å². The van der Waals surface area contributed by atoms with Gasteiger partial charge in [0.25, 0.3) is 5.91 Å². The van der Waals surface area contributed by atoms with Gasteiger partial charge in [-0.2, -0.15) is 11.8 Å². The molecule has 1 aliphatic heterocycles. The van der Waals surface area contributed by atoms with E-state index in [-0.39, 0.29) is 5.91 Å². The normalized spacial score (nSPS) is 18.6. The standard InChI is InChI=1S/C14H20N2OS/c1-2-15-13-8-4-3-7-12(13)14(17)16-10-11-6-5-9-18-11/h3-4,7-8,11,15H,2,5-6,9-10H2,1H3,(H,16,17). The van der Waals surface area contributed by atoms with Gasteiger partial charge in [0.15, 0.2) is 0 Å². The maximum Gasteiger partial charge on any atom is 0.253 e. The van der Waals surface area contributed by atoms with Gasteiger partial charge in [-0.05, 0) is 37.7 Å². The highest BCUT2D eigenvalue weighted by Gasteiger charge is 2.17. The van der Waals surface area contributed by atoms with Crippen molar-refractivity contribution >= 4 is 23.4 Å². The molecule has 1 heterocycles. The fraction of sp³-hybridized carbons (Fsp3) is 0.500. The van der Waals surface area contributed by atoms with E-state index in [1.54, 1.807) is 0 Å². The molecule has 1 amide bonds. The van der Waals surface area contributed by atoms with E-state index in [9.17, 15) is 4.79 Å². The Labute approximate surface area is 113 Å². The van der Waals surface area contributed by atoms with Gasteiger partial charge in [0.2, 0.25) is 0 Å². The summed E-state index contributed by atoms with van der Waals surface area (Å²) in [5.41, 5.74) is 1.65. The summed E-state index contributed by atoms with van der Waals surface area (Å²) in [6, 6.07) is 7.67. The quantitative estimate of drug-likeness (QED) is 0.859. The number of hydrogen-bond donors (Lipinski definition) is 2. The molecule has 2 rings (SSSR count). The number of carbonyl (C=O) groups excluding carboxylic acids is 1. The number of hydrogen-bond acceptors (Lipinski definition) is 3. The van der Waals surface area contributed by atoms with Crippen molar-refractivity contribution in [3.8, 4) is 0 Å². The Bertz CT molecular complexity index is 403. The molecular formula is C14H20N2OS. The summed E-state index contributed by atoms with van der Waals surface area (Å²) in [7, 11) is 0. The zero-order valence-corrected chi connectivity index (χ0v) is 11.6. The number of rotatable bonds is 5. The molecule has 0 saturated carbocycles. The first-order chi connectivity index (χ1) is 8.81. The van der Waals surface area contributed by atoms with Gasteiger partial charge >= 0.3 is 0 Å². The molecular weight excluding hydrogens is 244 g/mol. The number of benzene rings is 1. The van der Waals surface area contributed by atoms with Crippen molar-refractivity contribution in [3.63, 3.8) is 0 Å². The lowest BCUT2D eigenvalue weighted by Crippen LogP contribution is -2.30. The van der Waals surface area contributed by atoms with Crippen LogP contribution < -0.4 is 10.6 Å². The van der Waals surface area contributed by atoms with Gasteiger partial charge in [0.05, 0.1) is 5.56 Å². The first-order valence-corrected chi connectivity index (χ1v) is 7.59. The average Bonchev–Trinajstić information content (AvgIpc) is 2.90. The molecule has 18 heavy (non-hydrogen) atoms. The molecule has 1 aromatic carbocycles. The van der Waals surface area contributed by atoms with Gasteiger partial charge in [0.1, 0.15) is 0 Å². The third-order valence-corrected chi connectivity index (χ3v) is 4.45. The van der Waals surface area contributed by atoms with Crippen LogP contribution in [0.1, 0.15) is 30.1 Å². The summed E-state index contributed by atoms with van der Waals surface area (Å²) < 4.78 is 0. The molecule has 0 radical (unpaired) electrons. The van der Waals surface area contributed by atoms with Gasteiger partial charge in [-0.25, -0.2) is 0 Å². The zero-order valence-electron chi connectivity index (χ0n) is 10.7. The number of anilines is 1. The van der Waals surface area contributed by atoms with E-state index in [0.717, 1.165) is 24.3 Å². The van der Waals surface area contributed by atoms with Crippen molar-refractivity contribution in [2.75, 3.05) is 24.2 Å². The fourth-order valence-electron chi connectivity index (χ4n) is 2.13. The minimum Gasteiger partial charge on any atom is -0.385 e. The molecule has 98 valence electrons. The Morgan fingerprint density at radius 2 is 2.28 bits per heavy atom. The first kappa shape index (κ1) is 13.3. The predicted molar refractivity (Wildman–Crippen MR) is 78.4 cm³/mol. The lowest BCUT2D eigenvalue weighted by Gasteiger charge is -2.13. The lowest BCUT2D eigenvalue weighted by molar-refractivity contribution is 0.0954. The Kier molecular flexibility index (Phi) is 4.93. The number of amides is 1. The number of para-hydroxylation sites is 1. The van der Waals surface area contributed by atoms with E-state index in [1.807, 2.05) is 43.0 Å². The molecule has 1 aromatic rings. The van der Waals surface area contributed by atoms with Crippen LogP contribution in [0.15, 0.2) is 24.3 Å². The minimum atomic E-state index is 0.0269. The molecule has 0 bridgehead atoms. The van der Waals surface area contributed by atoms with E-state index in [2.05, 4.69) is 10.6 Å². The summed E-state index contributed by atoms with van der Waals surface area (Å²) in [5, 5.41) is 6.86. The van der Waals surface area contributed by atoms with Crippen molar-refractivity contribution in [3.05, 3.63) is 29.8 Å². The second kappa shape index (κ2) is 6.69. The maximum atomic E-state index is 12.1. The SMILES string of the molecule is CCNc1ccccc1C(=O)NCC1CCCS1. The number of nitrogens with one attached hydrogen (secondary N) is 2. The molecule has 1 saturated heterocycles. The van der Waals surface area contributed by atoms with E-state index >= 15 is 0 Å². The van der Waals surface area contributed by atoms with Gasteiger partial charge in [-0.1, -0.05) is 12.1 Å². The Hall–Kier alpha value is -1.16. The van der Waals surface area contributed by atoms with Gasteiger partial charge in [0, 0.05) is 24.0 Å². The molecule has 1 atom stereocenters. The highest BCUT2D eigenvalue weighted by Crippen LogP contribution is 2.25. The van der Waals surface area contributed by atoms with E-state index in [0.29, 0.717) is 5.25 Å². The van der Waals surface area contributed by atoms with Crippen molar-refractivity contribution in [2.24, 2.45) is 0 Å². The predicted octanol–water partition coefficient (Wildman–Crippen LogP) is 2.74. The third-order valence-electron chi connectivity index (χ3n) is 3.05. The minimum absolute atomic E-state index is 0.0269. The molecule has 1 unspecified atom stereocenters. The summed E-state index contributed by atoms with van der Waals surface area (Å²) in [6.07, 6.45) is 2.50. The summed E-state index contributed by atoms with van der Waals surface area (Å²) in [4.78, 5) is 12.1. The smallest absolute Gasteiger partial charge is 0.253 e. The van der Waals surface area contributed by atoms with Crippen LogP contribution in [-0.2, 0) is 0 Å². The zero-order chi connectivity index (χ0) is 12.8. The molecule has 2 N–H and O–H groups in total. The first-order valence-electron chi connectivity index (χ1n) is 6.54. The largest absolute Gasteiger partial charge is 0.385 e. The fourth-order valence-corrected chi connectivity index (χ4v) is 3.33. The van der Waals surface area contributed by atoms with E-state index < -0.39 is 0 Å². The van der Waals surface area contributed by atoms with Crippen LogP contribution in [0.25, 0.3) is 0 Å². The van der Waals surface area contributed by atoms with Crippen LogP contribution in [0.2, 0.25) is 0 Å². The van der Waals surface area contributed by atoms with Crippen molar-refractivity contribution < 1.29 is 4.79 Å². The van der Waals surface area contributed by atoms with Gasteiger partial charge in [-0.15, -0.1) is 0 Å². The monoisotopic (exact) mass is 264 g/mol. The van der Waals surface area contributed by atoms with Crippen LogP contribution >= 0.6 is 11.8 Å². The molecule has 1 aliphatic rings. The van der Waals surface area contributed by atoms with Crippen LogP contribution in [0.5, 0.6) is 0 Å². The van der Waals surface area contributed by atoms with Crippen LogP contribution in [0, 0.1) is 0 Å². The molecule has 0 aromatic heterocycles. The second-order valence-electron chi connectivity index (χ2n) is 4.42. The topological polar surface area (TPSA) is 41.1 Å². The molecule has 1 fully saturated rings. The molecule has 4 heteroatoms. The second-order valence-corrected chi connectivity index (χ2v) is 5.83. The average molecular weight is 264 g/mol. The van der Waals surface area contributed by atoms with Gasteiger partial charge < -0.3 is 10.6 Å². The number of thioether (sulfide) groups is 1. The summed E-state index contributed by atoms with van der Waals surface area (Å²) in [6.45, 7) is 3.64. The van der Waals surface area contributed by atoms with E-state index in [1.165, 1.54) is 18.6 Å². The molecule has 0 aliphatic carbocycles. The van der Waals surface area contributed by atoms with Gasteiger partial charge in [-0.3, -0.25) is 4.79 Å². The van der Waals surface area contributed by atoms with Crippen LogP contribution in [0.4, 0.5) is 5.69 Å². The van der Waals surface area contributed by atoms with Crippen molar-refractivity contribution in [1.82, 2.24) is 5.32 Å². The summed E-state index contributed by atoms with van der Waals surface area (Å²) >= 11 is 1.96. The Morgan fingerprint density at radius 1 is 1.44 bits per heavy atom. The number of carbonyl (C=O) groups is 1. The third kappa shape index (κ3) is 3.42. The molecule has 3 nitrogen and oxygen atoms in total. The Balaban J connectivity index is 1.94. The lowest BCUT2D eigenvalue weighted by atomic mass is 10.1. The highest BCUT2D eigenvalue weighted by molar-refractivity contribution is 8.00. The maximum absolute atomic E-state index is 12.1. The Morgan fingerprint density at radius 3 is 3.00 bits per heavy atom. The van der Waals surface area contributed by atoms with Crippen molar-refractivity contribution in [1.29, 1.82) is 0 Å². The highest BCUT2D eigenvalue weighted by atomic mass is 32.2. The van der Waals surface area contributed by atoms with E-state index in [4.69, 9.17) is 0 Å². The van der Waals surface area contributed by atoms with Crippen molar-refractivity contribution in [2.45, 2.75) is 25.0 Å². The molecule has 0 spiro atoms.